The normalized spacial score (nSPS) is 10.9. The molecule has 0 saturated heterocycles. The molecule has 0 N–H and O–H groups in total. The fraction of sp³-hybridized carbons (Fsp3) is 0.375. The molecule has 0 bridgehead atoms. The van der Waals surface area contributed by atoms with Crippen molar-refractivity contribution in [3.63, 3.8) is 0 Å². The zero-order valence-corrected chi connectivity index (χ0v) is 14.5. The van der Waals surface area contributed by atoms with Crippen molar-refractivity contribution in [2.24, 2.45) is 0 Å². The standard InChI is InChI=1S/C16H19BrS2/c1-2-3-4-5-6-13-11-15(17)19-16(13)12-7-9-14(18)10-8-12/h7-11,18H,2-6H2,1H3. The summed E-state index contributed by atoms with van der Waals surface area (Å²) in [5, 5.41) is 0. The molecular formula is C16H19BrS2. The van der Waals surface area contributed by atoms with Gasteiger partial charge in [0.05, 0.1) is 3.79 Å². The van der Waals surface area contributed by atoms with Crippen LogP contribution in [0.4, 0.5) is 0 Å². The number of rotatable bonds is 6. The Balaban J connectivity index is 2.13. The van der Waals surface area contributed by atoms with Crippen molar-refractivity contribution in [2.75, 3.05) is 0 Å². The van der Waals surface area contributed by atoms with E-state index in [0.717, 1.165) is 4.90 Å². The number of aryl methyl sites for hydroxylation is 1. The van der Waals surface area contributed by atoms with Crippen LogP contribution in [0.5, 0.6) is 0 Å². The van der Waals surface area contributed by atoms with Crippen molar-refractivity contribution in [3.8, 4) is 10.4 Å². The average molecular weight is 355 g/mol. The lowest BCUT2D eigenvalue weighted by Gasteiger charge is -2.04. The van der Waals surface area contributed by atoms with Crippen molar-refractivity contribution in [3.05, 3.63) is 39.7 Å². The van der Waals surface area contributed by atoms with Crippen LogP contribution in [0.25, 0.3) is 10.4 Å². The second-order valence-corrected chi connectivity index (χ2v) is 7.71. The van der Waals surface area contributed by atoms with Gasteiger partial charge in [0.25, 0.3) is 0 Å². The Hall–Kier alpha value is -0.250. The molecule has 1 aromatic carbocycles. The molecule has 0 amide bonds. The average Bonchev–Trinajstić information content (AvgIpc) is 2.77. The summed E-state index contributed by atoms with van der Waals surface area (Å²) in [5.41, 5.74) is 2.78. The largest absolute Gasteiger partial charge is 0.143 e. The molecule has 0 nitrogen and oxygen atoms in total. The van der Waals surface area contributed by atoms with Crippen LogP contribution >= 0.6 is 39.9 Å². The Morgan fingerprint density at radius 1 is 1.11 bits per heavy atom. The first kappa shape index (κ1) is 15.1. The molecule has 0 aliphatic heterocycles. The number of thiol groups is 1. The number of unbranched alkanes of at least 4 members (excludes halogenated alkanes) is 3. The van der Waals surface area contributed by atoms with E-state index in [1.54, 1.807) is 0 Å². The molecule has 0 radical (unpaired) electrons. The first-order valence-corrected chi connectivity index (χ1v) is 8.84. The van der Waals surface area contributed by atoms with Gasteiger partial charge in [-0.15, -0.1) is 24.0 Å². The molecule has 0 aliphatic carbocycles. The molecule has 0 fully saturated rings. The van der Waals surface area contributed by atoms with E-state index in [4.69, 9.17) is 0 Å². The van der Waals surface area contributed by atoms with E-state index >= 15 is 0 Å². The van der Waals surface area contributed by atoms with Gasteiger partial charge in [-0.2, -0.15) is 0 Å². The maximum atomic E-state index is 4.35. The van der Waals surface area contributed by atoms with Crippen molar-refractivity contribution >= 4 is 39.9 Å². The van der Waals surface area contributed by atoms with E-state index < -0.39 is 0 Å². The Labute approximate surface area is 133 Å². The summed E-state index contributed by atoms with van der Waals surface area (Å²) in [6, 6.07) is 10.7. The van der Waals surface area contributed by atoms with Gasteiger partial charge in [0, 0.05) is 9.77 Å². The smallest absolute Gasteiger partial charge is 0.0707 e. The maximum Gasteiger partial charge on any atom is 0.0707 e. The molecule has 0 unspecified atom stereocenters. The van der Waals surface area contributed by atoms with Crippen LogP contribution in [0.1, 0.15) is 38.2 Å². The van der Waals surface area contributed by atoms with Crippen LogP contribution in [0.2, 0.25) is 0 Å². The predicted molar refractivity (Wildman–Crippen MR) is 92.6 cm³/mol. The summed E-state index contributed by atoms with van der Waals surface area (Å²) in [6.45, 7) is 2.26. The Morgan fingerprint density at radius 3 is 2.53 bits per heavy atom. The van der Waals surface area contributed by atoms with Gasteiger partial charge in [-0.05, 0) is 58.1 Å². The van der Waals surface area contributed by atoms with Gasteiger partial charge in [-0.25, -0.2) is 0 Å². The van der Waals surface area contributed by atoms with Crippen molar-refractivity contribution < 1.29 is 0 Å². The quantitative estimate of drug-likeness (QED) is 0.439. The third-order valence-electron chi connectivity index (χ3n) is 3.21. The highest BCUT2D eigenvalue weighted by atomic mass is 79.9. The zero-order valence-electron chi connectivity index (χ0n) is 11.2. The van der Waals surface area contributed by atoms with Crippen LogP contribution < -0.4 is 0 Å². The molecular weight excluding hydrogens is 336 g/mol. The highest BCUT2D eigenvalue weighted by molar-refractivity contribution is 9.11. The molecule has 2 aromatic rings. The minimum Gasteiger partial charge on any atom is -0.143 e. The summed E-state index contributed by atoms with van der Waals surface area (Å²) < 4.78 is 1.22. The number of thiophene rings is 1. The predicted octanol–water partition coefficient (Wildman–Crippen LogP) is 6.59. The molecule has 1 heterocycles. The van der Waals surface area contributed by atoms with Gasteiger partial charge in [0.15, 0.2) is 0 Å². The lowest BCUT2D eigenvalue weighted by Crippen LogP contribution is -1.86. The highest BCUT2D eigenvalue weighted by Gasteiger charge is 2.09. The molecule has 19 heavy (non-hydrogen) atoms. The molecule has 0 aliphatic rings. The third kappa shape index (κ3) is 4.37. The van der Waals surface area contributed by atoms with Gasteiger partial charge in [-0.1, -0.05) is 38.3 Å². The van der Waals surface area contributed by atoms with E-state index in [-0.39, 0.29) is 0 Å². The minimum absolute atomic E-state index is 1.02. The second-order valence-electron chi connectivity index (χ2n) is 4.76. The van der Waals surface area contributed by atoms with Crippen molar-refractivity contribution in [1.82, 2.24) is 0 Å². The monoisotopic (exact) mass is 354 g/mol. The Bertz CT molecular complexity index is 514. The van der Waals surface area contributed by atoms with Gasteiger partial charge < -0.3 is 0 Å². The van der Waals surface area contributed by atoms with Gasteiger partial charge in [0.2, 0.25) is 0 Å². The van der Waals surface area contributed by atoms with Crippen molar-refractivity contribution in [1.29, 1.82) is 0 Å². The van der Waals surface area contributed by atoms with E-state index in [2.05, 4.69) is 65.8 Å². The van der Waals surface area contributed by atoms with Crippen LogP contribution in [-0.4, -0.2) is 0 Å². The summed E-state index contributed by atoms with van der Waals surface area (Å²) in [4.78, 5) is 2.42. The summed E-state index contributed by atoms with van der Waals surface area (Å²) in [7, 11) is 0. The summed E-state index contributed by atoms with van der Waals surface area (Å²) >= 11 is 9.80. The SMILES string of the molecule is CCCCCCc1cc(Br)sc1-c1ccc(S)cc1. The molecule has 0 atom stereocenters. The van der Waals surface area contributed by atoms with E-state index in [1.807, 2.05) is 11.3 Å². The lowest BCUT2D eigenvalue weighted by molar-refractivity contribution is 0.668. The second kappa shape index (κ2) is 7.51. The van der Waals surface area contributed by atoms with Crippen molar-refractivity contribution in [2.45, 2.75) is 43.9 Å². The first-order chi connectivity index (χ1) is 9.20. The molecule has 1 aromatic heterocycles. The van der Waals surface area contributed by atoms with Gasteiger partial charge in [0.1, 0.15) is 0 Å². The van der Waals surface area contributed by atoms with Gasteiger partial charge >= 0.3 is 0 Å². The number of hydrogen-bond acceptors (Lipinski definition) is 2. The molecule has 102 valence electrons. The maximum absolute atomic E-state index is 4.35. The molecule has 0 spiro atoms. The van der Waals surface area contributed by atoms with Crippen LogP contribution in [0, 0.1) is 0 Å². The third-order valence-corrected chi connectivity index (χ3v) is 5.24. The van der Waals surface area contributed by atoms with Crippen LogP contribution in [0.15, 0.2) is 39.0 Å². The van der Waals surface area contributed by atoms with Crippen LogP contribution in [0.3, 0.4) is 0 Å². The van der Waals surface area contributed by atoms with E-state index in [9.17, 15) is 0 Å². The van der Waals surface area contributed by atoms with Crippen LogP contribution in [-0.2, 0) is 6.42 Å². The van der Waals surface area contributed by atoms with E-state index in [0.29, 0.717) is 0 Å². The molecule has 0 saturated carbocycles. The fourth-order valence-corrected chi connectivity index (χ4v) is 4.03. The molecule has 3 heteroatoms. The molecule has 2 rings (SSSR count). The summed E-state index contributed by atoms with van der Waals surface area (Å²) in [6.07, 6.45) is 6.44. The number of hydrogen-bond donors (Lipinski definition) is 1. The van der Waals surface area contributed by atoms with Gasteiger partial charge in [-0.3, -0.25) is 0 Å². The highest BCUT2D eigenvalue weighted by Crippen LogP contribution is 2.36. The fourth-order valence-electron chi connectivity index (χ4n) is 2.18. The topological polar surface area (TPSA) is 0 Å². The van der Waals surface area contributed by atoms with E-state index in [1.165, 1.54) is 51.9 Å². The summed E-state index contributed by atoms with van der Waals surface area (Å²) in [5.74, 6) is 0. The first-order valence-electron chi connectivity index (χ1n) is 6.78. The lowest BCUT2D eigenvalue weighted by atomic mass is 10.0. The Kier molecular flexibility index (Phi) is 5.99. The Morgan fingerprint density at radius 2 is 1.84 bits per heavy atom. The minimum atomic E-state index is 1.02. The number of halogens is 1. The zero-order chi connectivity index (χ0) is 13.7. The number of benzene rings is 1.